The Morgan fingerprint density at radius 3 is 2.91 bits per heavy atom. The Labute approximate surface area is 130 Å². The maximum Gasteiger partial charge on any atom is 0.220 e. The van der Waals surface area contributed by atoms with E-state index in [1.165, 1.54) is 17.4 Å². The van der Waals surface area contributed by atoms with E-state index < -0.39 is 5.92 Å². The maximum absolute atomic E-state index is 12.2. The number of allylic oxidation sites excluding steroid dienone is 1. The van der Waals surface area contributed by atoms with E-state index in [1.54, 1.807) is 18.2 Å². The Hall–Kier alpha value is -2.78. The molecule has 0 saturated carbocycles. The summed E-state index contributed by atoms with van der Waals surface area (Å²) in [6.07, 6.45) is 2.94. The third-order valence-corrected chi connectivity index (χ3v) is 3.82. The van der Waals surface area contributed by atoms with Crippen LogP contribution in [0.4, 0.5) is 0 Å². The minimum atomic E-state index is -1.05. The largest absolute Gasteiger partial charge is 0.439 e. The highest BCUT2D eigenvalue weighted by atomic mass is 32.1. The molecule has 2 heterocycles. The number of aryl methyl sites for hydroxylation is 1. The summed E-state index contributed by atoms with van der Waals surface area (Å²) < 4.78 is 5.50. The van der Waals surface area contributed by atoms with Gasteiger partial charge in [0.15, 0.2) is 17.3 Å². The molecule has 1 unspecified atom stereocenters. The van der Waals surface area contributed by atoms with E-state index in [9.17, 15) is 10.1 Å². The Morgan fingerprint density at radius 2 is 2.23 bits per heavy atom. The number of carbonyl (C=O) groups is 1. The molecule has 2 aromatic heterocycles. The van der Waals surface area contributed by atoms with Crippen LogP contribution in [0.3, 0.4) is 0 Å². The highest BCUT2D eigenvalue weighted by molar-refractivity contribution is 7.09. The first kappa shape index (κ1) is 14.2. The van der Waals surface area contributed by atoms with Crippen molar-refractivity contribution >= 4 is 34.3 Å². The Morgan fingerprint density at radius 1 is 1.41 bits per heavy atom. The molecule has 0 radical (unpaired) electrons. The summed E-state index contributed by atoms with van der Waals surface area (Å²) in [5.41, 5.74) is 1.89. The highest BCUT2D eigenvalue weighted by Gasteiger charge is 2.23. The van der Waals surface area contributed by atoms with Gasteiger partial charge in [0.25, 0.3) is 0 Å². The van der Waals surface area contributed by atoms with E-state index in [-0.39, 0.29) is 11.7 Å². The fourth-order valence-corrected chi connectivity index (χ4v) is 2.56. The van der Waals surface area contributed by atoms with Gasteiger partial charge in [0.2, 0.25) is 5.89 Å². The number of thiazole rings is 1. The van der Waals surface area contributed by atoms with Crippen LogP contribution in [-0.2, 0) is 4.79 Å². The number of nitrogens with zero attached hydrogens (tertiary/aromatic N) is 3. The van der Waals surface area contributed by atoms with Crippen molar-refractivity contribution in [2.75, 3.05) is 0 Å². The van der Waals surface area contributed by atoms with Crippen LogP contribution in [0.5, 0.6) is 0 Å². The molecule has 0 spiro atoms. The highest BCUT2D eigenvalue weighted by Crippen LogP contribution is 2.22. The number of hydrogen-bond donors (Lipinski definition) is 0. The van der Waals surface area contributed by atoms with Crippen molar-refractivity contribution in [3.63, 3.8) is 0 Å². The normalized spacial score (nSPS) is 12.5. The van der Waals surface area contributed by atoms with Gasteiger partial charge in [-0.1, -0.05) is 12.1 Å². The van der Waals surface area contributed by atoms with Crippen LogP contribution < -0.4 is 0 Å². The summed E-state index contributed by atoms with van der Waals surface area (Å²) in [4.78, 5) is 20.6. The quantitative estimate of drug-likeness (QED) is 0.689. The predicted molar refractivity (Wildman–Crippen MR) is 83.3 cm³/mol. The molecule has 0 aliphatic heterocycles. The molecule has 1 atom stereocenters. The van der Waals surface area contributed by atoms with E-state index in [0.29, 0.717) is 16.8 Å². The second kappa shape index (κ2) is 5.92. The summed E-state index contributed by atoms with van der Waals surface area (Å²) in [5.74, 6) is -1.31. The molecule has 5 nitrogen and oxygen atoms in total. The SMILES string of the molecule is Cc1nc(/C=C/C(=O)C(C#N)c2nc3ccccc3o2)cs1. The number of rotatable bonds is 4. The number of carbonyl (C=O) groups excluding carboxylic acids is 1. The lowest BCUT2D eigenvalue weighted by Gasteiger charge is -1.98. The molecule has 22 heavy (non-hydrogen) atoms. The van der Waals surface area contributed by atoms with Crippen LogP contribution in [0.2, 0.25) is 0 Å². The summed E-state index contributed by atoms with van der Waals surface area (Å²) in [6, 6.07) is 9.10. The zero-order valence-corrected chi connectivity index (χ0v) is 12.5. The van der Waals surface area contributed by atoms with Crippen molar-refractivity contribution in [2.45, 2.75) is 12.8 Å². The standard InChI is InChI=1S/C16H11N3O2S/c1-10-18-11(9-22-10)6-7-14(20)12(8-17)16-19-13-4-2-3-5-15(13)21-16/h2-7,9,12H,1H3/b7-6+. The van der Waals surface area contributed by atoms with Crippen LogP contribution >= 0.6 is 11.3 Å². The van der Waals surface area contributed by atoms with Crippen LogP contribution in [-0.4, -0.2) is 15.8 Å². The van der Waals surface area contributed by atoms with Crippen molar-refractivity contribution in [3.8, 4) is 6.07 Å². The Balaban J connectivity index is 1.85. The van der Waals surface area contributed by atoms with Crippen molar-refractivity contribution in [1.82, 2.24) is 9.97 Å². The van der Waals surface area contributed by atoms with Gasteiger partial charge >= 0.3 is 0 Å². The molecule has 1 aromatic carbocycles. The molecular weight excluding hydrogens is 298 g/mol. The third kappa shape index (κ3) is 2.80. The molecule has 3 aromatic rings. The summed E-state index contributed by atoms with van der Waals surface area (Å²) >= 11 is 1.50. The van der Waals surface area contributed by atoms with Gasteiger partial charge in [-0.3, -0.25) is 4.79 Å². The predicted octanol–water partition coefficient (Wildman–Crippen LogP) is 3.48. The minimum absolute atomic E-state index is 0.118. The molecule has 6 heteroatoms. The monoisotopic (exact) mass is 309 g/mol. The van der Waals surface area contributed by atoms with Gasteiger partial charge in [-0.15, -0.1) is 11.3 Å². The van der Waals surface area contributed by atoms with Gasteiger partial charge in [0, 0.05) is 5.38 Å². The second-order valence-electron chi connectivity index (χ2n) is 4.61. The Kier molecular flexibility index (Phi) is 3.81. The van der Waals surface area contributed by atoms with Gasteiger partial charge in [0.05, 0.1) is 16.8 Å². The lowest BCUT2D eigenvalue weighted by Crippen LogP contribution is -2.08. The van der Waals surface area contributed by atoms with Crippen LogP contribution in [0, 0.1) is 18.3 Å². The van der Waals surface area contributed by atoms with Gasteiger partial charge in [0.1, 0.15) is 5.52 Å². The van der Waals surface area contributed by atoms with Gasteiger partial charge in [-0.05, 0) is 31.2 Å². The lowest BCUT2D eigenvalue weighted by atomic mass is 10.1. The number of para-hydroxylation sites is 2. The summed E-state index contributed by atoms with van der Waals surface area (Å²) in [5, 5.41) is 12.0. The number of oxazole rings is 1. The first-order valence-electron chi connectivity index (χ1n) is 6.56. The minimum Gasteiger partial charge on any atom is -0.439 e. The molecule has 0 amide bonds. The van der Waals surface area contributed by atoms with Crippen LogP contribution in [0.1, 0.15) is 22.5 Å². The number of benzene rings is 1. The molecule has 0 fully saturated rings. The topological polar surface area (TPSA) is 79.8 Å². The van der Waals surface area contributed by atoms with E-state index >= 15 is 0 Å². The van der Waals surface area contributed by atoms with E-state index in [2.05, 4.69) is 9.97 Å². The van der Waals surface area contributed by atoms with Crippen LogP contribution in [0.15, 0.2) is 40.1 Å². The molecule has 0 bridgehead atoms. The number of hydrogen-bond acceptors (Lipinski definition) is 6. The van der Waals surface area contributed by atoms with Crippen molar-refractivity contribution in [2.24, 2.45) is 0 Å². The Bertz CT molecular complexity index is 868. The summed E-state index contributed by atoms with van der Waals surface area (Å²) in [6.45, 7) is 1.89. The number of aromatic nitrogens is 2. The first-order chi connectivity index (χ1) is 10.7. The first-order valence-corrected chi connectivity index (χ1v) is 7.44. The number of nitriles is 1. The van der Waals surface area contributed by atoms with E-state index in [4.69, 9.17) is 4.42 Å². The third-order valence-electron chi connectivity index (χ3n) is 3.03. The molecule has 0 aliphatic carbocycles. The van der Waals surface area contributed by atoms with Gasteiger partial charge in [-0.2, -0.15) is 5.26 Å². The van der Waals surface area contributed by atoms with Gasteiger partial charge in [-0.25, -0.2) is 9.97 Å². The fraction of sp³-hybridized carbons (Fsp3) is 0.125. The van der Waals surface area contributed by atoms with Crippen LogP contribution in [0.25, 0.3) is 17.2 Å². The zero-order valence-electron chi connectivity index (χ0n) is 11.7. The molecule has 0 saturated heterocycles. The van der Waals surface area contributed by atoms with Crippen molar-refractivity contribution in [1.29, 1.82) is 5.26 Å². The van der Waals surface area contributed by atoms with E-state index in [0.717, 1.165) is 5.01 Å². The van der Waals surface area contributed by atoms with Crippen molar-refractivity contribution in [3.05, 3.63) is 52.3 Å². The van der Waals surface area contributed by atoms with Crippen molar-refractivity contribution < 1.29 is 9.21 Å². The lowest BCUT2D eigenvalue weighted by molar-refractivity contribution is -0.115. The van der Waals surface area contributed by atoms with Gasteiger partial charge < -0.3 is 4.42 Å². The average molecular weight is 309 g/mol. The average Bonchev–Trinajstić information content (AvgIpc) is 3.11. The second-order valence-corrected chi connectivity index (χ2v) is 5.67. The van der Waals surface area contributed by atoms with E-state index in [1.807, 2.05) is 30.5 Å². The molecular formula is C16H11N3O2S. The molecule has 3 rings (SSSR count). The molecule has 108 valence electrons. The fourth-order valence-electron chi connectivity index (χ4n) is 1.97. The number of ketones is 1. The number of fused-ring (bicyclic) bond motifs is 1. The zero-order chi connectivity index (χ0) is 15.5. The molecule has 0 aliphatic rings. The smallest absolute Gasteiger partial charge is 0.220 e. The maximum atomic E-state index is 12.2. The summed E-state index contributed by atoms with van der Waals surface area (Å²) in [7, 11) is 0. The molecule has 0 N–H and O–H groups in total.